The number of nitriles is 1. The lowest BCUT2D eigenvalue weighted by atomic mass is 10.0. The molecule has 0 spiro atoms. The van der Waals surface area contributed by atoms with Gasteiger partial charge in [0.25, 0.3) is 0 Å². The molecule has 1 aromatic heterocycles. The molecular weight excluding hydrogens is 194 g/mol. The van der Waals surface area contributed by atoms with Gasteiger partial charge in [-0.25, -0.2) is 9.97 Å². The van der Waals surface area contributed by atoms with Gasteiger partial charge in [-0.3, -0.25) is 4.79 Å². The van der Waals surface area contributed by atoms with Crippen LogP contribution in [0.5, 0.6) is 0 Å². The molecule has 5 nitrogen and oxygen atoms in total. The molecule has 0 radical (unpaired) electrons. The number of aromatic nitrogens is 2. The molecule has 0 aliphatic rings. The van der Waals surface area contributed by atoms with Gasteiger partial charge in [-0.1, -0.05) is 0 Å². The number of carbonyl (C=O) groups is 1. The lowest BCUT2D eigenvalue weighted by molar-refractivity contribution is -0.143. The number of esters is 1. The third-order valence-corrected chi connectivity index (χ3v) is 1.98. The zero-order chi connectivity index (χ0) is 11.1. The van der Waals surface area contributed by atoms with Crippen LogP contribution in [0.25, 0.3) is 0 Å². The predicted octanol–water partition coefficient (Wildman–Crippen LogP) is 0.722. The molecule has 15 heavy (non-hydrogen) atoms. The second-order valence-corrected chi connectivity index (χ2v) is 2.99. The Morgan fingerprint density at radius 2 is 2.27 bits per heavy atom. The molecule has 0 saturated heterocycles. The lowest BCUT2D eigenvalue weighted by Gasteiger charge is -2.05. The lowest BCUT2D eigenvalue weighted by Crippen LogP contribution is -2.15. The summed E-state index contributed by atoms with van der Waals surface area (Å²) in [5.74, 6) is -1.20. The first kappa shape index (κ1) is 11.1. The van der Waals surface area contributed by atoms with Crippen molar-refractivity contribution in [3.8, 4) is 6.07 Å². The summed E-state index contributed by atoms with van der Waals surface area (Å²) in [6.07, 6.45) is 5.79. The number of ether oxygens (including phenoxy) is 1. The predicted molar refractivity (Wildman–Crippen MR) is 51.5 cm³/mol. The van der Waals surface area contributed by atoms with E-state index in [0.29, 0.717) is 12.8 Å². The minimum atomic E-state index is -0.713. The highest BCUT2D eigenvalue weighted by Crippen LogP contribution is 2.09. The van der Waals surface area contributed by atoms with E-state index in [2.05, 4.69) is 14.7 Å². The Labute approximate surface area is 87.7 Å². The Balaban J connectivity index is 2.49. The molecular formula is C10H11N3O2. The van der Waals surface area contributed by atoms with Crippen LogP contribution in [-0.2, 0) is 16.0 Å². The third-order valence-electron chi connectivity index (χ3n) is 1.98. The molecule has 0 aromatic carbocycles. The van der Waals surface area contributed by atoms with Crippen molar-refractivity contribution in [2.75, 3.05) is 7.11 Å². The molecule has 78 valence electrons. The van der Waals surface area contributed by atoms with Crippen molar-refractivity contribution in [2.24, 2.45) is 5.92 Å². The SMILES string of the molecule is COC(=O)C(C#N)CCc1cncnc1. The van der Waals surface area contributed by atoms with Gasteiger partial charge in [0.2, 0.25) is 0 Å². The largest absolute Gasteiger partial charge is 0.468 e. The van der Waals surface area contributed by atoms with Gasteiger partial charge in [0.05, 0.1) is 13.2 Å². The standard InChI is InChI=1S/C10H11N3O2/c1-15-10(14)9(4-11)3-2-8-5-12-7-13-6-8/h5-7,9H,2-3H2,1H3. The quantitative estimate of drug-likeness (QED) is 0.677. The van der Waals surface area contributed by atoms with Gasteiger partial charge in [0, 0.05) is 12.4 Å². The number of aryl methyl sites for hydroxylation is 1. The maximum Gasteiger partial charge on any atom is 0.323 e. The van der Waals surface area contributed by atoms with E-state index < -0.39 is 11.9 Å². The van der Waals surface area contributed by atoms with Crippen LogP contribution in [-0.4, -0.2) is 23.0 Å². The monoisotopic (exact) mass is 205 g/mol. The molecule has 1 unspecified atom stereocenters. The zero-order valence-electron chi connectivity index (χ0n) is 8.38. The van der Waals surface area contributed by atoms with Gasteiger partial charge in [-0.15, -0.1) is 0 Å². The Bertz CT molecular complexity index is 359. The van der Waals surface area contributed by atoms with Gasteiger partial charge >= 0.3 is 5.97 Å². The molecule has 1 rings (SSSR count). The molecule has 1 heterocycles. The summed E-state index contributed by atoms with van der Waals surface area (Å²) in [5.41, 5.74) is 0.904. The normalized spacial score (nSPS) is 11.5. The number of nitrogens with zero attached hydrogens (tertiary/aromatic N) is 3. The van der Waals surface area contributed by atoms with Crippen LogP contribution < -0.4 is 0 Å². The molecule has 0 bridgehead atoms. The maximum absolute atomic E-state index is 11.1. The number of methoxy groups -OCH3 is 1. The number of hydrogen-bond donors (Lipinski definition) is 0. The number of hydrogen-bond acceptors (Lipinski definition) is 5. The first-order chi connectivity index (χ1) is 7.27. The molecule has 1 aromatic rings. The Morgan fingerprint density at radius 3 is 2.80 bits per heavy atom. The van der Waals surface area contributed by atoms with Gasteiger partial charge in [-0.05, 0) is 18.4 Å². The van der Waals surface area contributed by atoms with Crippen LogP contribution in [0.15, 0.2) is 18.7 Å². The summed E-state index contributed by atoms with van der Waals surface area (Å²) in [6.45, 7) is 0. The molecule has 0 aliphatic heterocycles. The summed E-state index contributed by atoms with van der Waals surface area (Å²) in [7, 11) is 1.28. The topological polar surface area (TPSA) is 75.9 Å². The van der Waals surface area contributed by atoms with E-state index in [-0.39, 0.29) is 0 Å². The molecule has 1 atom stereocenters. The second-order valence-electron chi connectivity index (χ2n) is 2.99. The molecule has 0 saturated carbocycles. The van der Waals surface area contributed by atoms with Gasteiger partial charge in [0.1, 0.15) is 12.2 Å². The van der Waals surface area contributed by atoms with E-state index in [1.165, 1.54) is 13.4 Å². The Kier molecular flexibility index (Phi) is 4.23. The van der Waals surface area contributed by atoms with Crippen LogP contribution >= 0.6 is 0 Å². The fourth-order valence-electron chi connectivity index (χ4n) is 1.15. The Hall–Kier alpha value is -1.96. The van der Waals surface area contributed by atoms with E-state index in [4.69, 9.17) is 5.26 Å². The maximum atomic E-state index is 11.1. The molecule has 0 amide bonds. The van der Waals surface area contributed by atoms with Crippen molar-refractivity contribution in [1.29, 1.82) is 5.26 Å². The first-order valence-corrected chi connectivity index (χ1v) is 4.49. The van der Waals surface area contributed by atoms with E-state index in [1.54, 1.807) is 12.4 Å². The highest BCUT2D eigenvalue weighted by molar-refractivity contribution is 5.74. The van der Waals surface area contributed by atoms with E-state index >= 15 is 0 Å². The highest BCUT2D eigenvalue weighted by atomic mass is 16.5. The average molecular weight is 205 g/mol. The van der Waals surface area contributed by atoms with E-state index in [9.17, 15) is 4.79 Å². The number of carbonyl (C=O) groups excluding carboxylic acids is 1. The third kappa shape index (κ3) is 3.35. The smallest absolute Gasteiger partial charge is 0.323 e. The minimum absolute atomic E-state index is 0.427. The second kappa shape index (κ2) is 5.70. The van der Waals surface area contributed by atoms with Crippen molar-refractivity contribution < 1.29 is 9.53 Å². The van der Waals surface area contributed by atoms with Crippen LogP contribution in [0.3, 0.4) is 0 Å². The van der Waals surface area contributed by atoms with Crippen molar-refractivity contribution in [3.05, 3.63) is 24.3 Å². The van der Waals surface area contributed by atoms with E-state index in [1.807, 2.05) is 6.07 Å². The van der Waals surface area contributed by atoms with Crippen LogP contribution in [0, 0.1) is 17.2 Å². The molecule has 0 fully saturated rings. The summed E-state index contributed by atoms with van der Waals surface area (Å²) >= 11 is 0. The average Bonchev–Trinajstić information content (AvgIpc) is 2.31. The van der Waals surface area contributed by atoms with Crippen molar-refractivity contribution in [3.63, 3.8) is 0 Å². The molecule has 5 heteroatoms. The van der Waals surface area contributed by atoms with Gasteiger partial charge < -0.3 is 4.74 Å². The minimum Gasteiger partial charge on any atom is -0.468 e. The summed E-state index contributed by atoms with van der Waals surface area (Å²) < 4.78 is 4.50. The Morgan fingerprint density at radius 1 is 1.60 bits per heavy atom. The first-order valence-electron chi connectivity index (χ1n) is 4.49. The number of rotatable bonds is 4. The molecule has 0 N–H and O–H groups in total. The highest BCUT2D eigenvalue weighted by Gasteiger charge is 2.17. The zero-order valence-corrected chi connectivity index (χ0v) is 8.38. The summed E-state index contributed by atoms with van der Waals surface area (Å²) in [4.78, 5) is 18.8. The van der Waals surface area contributed by atoms with Crippen LogP contribution in [0.1, 0.15) is 12.0 Å². The van der Waals surface area contributed by atoms with E-state index in [0.717, 1.165) is 5.56 Å². The van der Waals surface area contributed by atoms with Crippen molar-refractivity contribution >= 4 is 5.97 Å². The summed E-state index contributed by atoms with van der Waals surface area (Å²) in [5, 5.41) is 8.72. The van der Waals surface area contributed by atoms with Crippen LogP contribution in [0.2, 0.25) is 0 Å². The van der Waals surface area contributed by atoms with Gasteiger partial charge in [-0.2, -0.15) is 5.26 Å². The van der Waals surface area contributed by atoms with Crippen molar-refractivity contribution in [2.45, 2.75) is 12.8 Å². The van der Waals surface area contributed by atoms with Crippen molar-refractivity contribution in [1.82, 2.24) is 9.97 Å². The van der Waals surface area contributed by atoms with Gasteiger partial charge in [0.15, 0.2) is 0 Å². The van der Waals surface area contributed by atoms with Crippen LogP contribution in [0.4, 0.5) is 0 Å². The molecule has 0 aliphatic carbocycles. The summed E-state index contributed by atoms with van der Waals surface area (Å²) in [6, 6.07) is 1.91. The fraction of sp³-hybridized carbons (Fsp3) is 0.400. The fourth-order valence-corrected chi connectivity index (χ4v) is 1.15.